The van der Waals surface area contributed by atoms with Crippen molar-refractivity contribution in [2.45, 2.75) is 62.8 Å². The van der Waals surface area contributed by atoms with Gasteiger partial charge in [0.25, 0.3) is 0 Å². The van der Waals surface area contributed by atoms with E-state index < -0.39 is 18.4 Å². The Morgan fingerprint density at radius 2 is 1.85 bits per heavy atom. The summed E-state index contributed by atoms with van der Waals surface area (Å²) in [7, 11) is 2.99. The molecule has 0 aromatic carbocycles. The predicted octanol–water partition coefficient (Wildman–Crippen LogP) is 5.70. The third kappa shape index (κ3) is 4.13. The van der Waals surface area contributed by atoms with Gasteiger partial charge in [-0.2, -0.15) is 27.1 Å². The van der Waals surface area contributed by atoms with Gasteiger partial charge in [-0.25, -0.2) is 24.6 Å². The summed E-state index contributed by atoms with van der Waals surface area (Å²) in [6.45, 7) is -2.82. The molecule has 0 spiro atoms. The van der Waals surface area contributed by atoms with E-state index in [-0.39, 0.29) is 23.8 Å². The number of hydrogen-bond donors (Lipinski definition) is 0. The molecule has 14 heteroatoms. The van der Waals surface area contributed by atoms with Gasteiger partial charge in [0.15, 0.2) is 5.69 Å². The van der Waals surface area contributed by atoms with Gasteiger partial charge in [-0.1, -0.05) is 0 Å². The average molecular weight is 573 g/mol. The Kier molecular flexibility index (Phi) is 5.81. The fourth-order valence-electron chi connectivity index (χ4n) is 6.29. The highest BCUT2D eigenvalue weighted by Crippen LogP contribution is 2.53. The summed E-state index contributed by atoms with van der Waals surface area (Å²) in [5.74, 6) is 1.24. The van der Waals surface area contributed by atoms with Gasteiger partial charge < -0.3 is 14.2 Å². The maximum atomic E-state index is 14.3. The lowest BCUT2D eigenvalue weighted by molar-refractivity contribution is -0.140. The summed E-state index contributed by atoms with van der Waals surface area (Å²) in [6, 6.07) is 3.05. The van der Waals surface area contributed by atoms with Gasteiger partial charge in [0, 0.05) is 48.9 Å². The van der Waals surface area contributed by atoms with Crippen molar-refractivity contribution >= 4 is 5.82 Å². The summed E-state index contributed by atoms with van der Waals surface area (Å²) in [4.78, 5) is 19.2. The maximum absolute atomic E-state index is 14.3. The predicted molar refractivity (Wildman–Crippen MR) is 136 cm³/mol. The zero-order valence-electron chi connectivity index (χ0n) is 22.1. The molecule has 4 aromatic rings. The van der Waals surface area contributed by atoms with Crippen molar-refractivity contribution in [2.24, 2.45) is 7.05 Å². The van der Waals surface area contributed by atoms with Gasteiger partial charge in [-0.15, -0.1) is 0 Å². The lowest BCUT2D eigenvalue weighted by Crippen LogP contribution is -2.38. The molecular formula is C27H25F5N8O. The number of aromatic nitrogens is 7. The standard InChI is InChI=1S/C27H25F5N8O/c1-38-11-18(27(30,31)32)36-24(38)14-5-8-19(33-10-14)39-15-6-7-16(39)20-17(9-15)40(26(28)29)37-23(20)21-22(13-3-4-13)34-12-35-25(21)41-2/h5,8,10-13,15-16,26H,3-4,6-7,9H2,1-2H3. The first-order valence-corrected chi connectivity index (χ1v) is 13.3. The topological polar surface area (TPSA) is 86.8 Å². The van der Waals surface area contributed by atoms with Gasteiger partial charge >= 0.3 is 12.7 Å². The minimum absolute atomic E-state index is 0.0882. The first kappa shape index (κ1) is 25.8. The Hall–Kier alpha value is -4.10. The number of aryl methyl sites for hydroxylation is 1. The van der Waals surface area contributed by atoms with Crippen molar-refractivity contribution in [3.05, 3.63) is 53.5 Å². The Bertz CT molecular complexity index is 1630. The van der Waals surface area contributed by atoms with E-state index in [4.69, 9.17) is 4.74 Å². The van der Waals surface area contributed by atoms with Crippen LogP contribution in [0.2, 0.25) is 0 Å². The van der Waals surface area contributed by atoms with Crippen molar-refractivity contribution in [3.8, 4) is 28.5 Å². The van der Waals surface area contributed by atoms with Crippen LogP contribution in [-0.2, 0) is 19.6 Å². The molecule has 6 heterocycles. The van der Waals surface area contributed by atoms with Gasteiger partial charge in [0.1, 0.15) is 23.7 Å². The Morgan fingerprint density at radius 1 is 1.05 bits per heavy atom. The first-order valence-electron chi connectivity index (χ1n) is 13.3. The fourth-order valence-corrected chi connectivity index (χ4v) is 6.29. The number of hydrogen-bond acceptors (Lipinski definition) is 7. The highest BCUT2D eigenvalue weighted by molar-refractivity contribution is 5.75. The lowest BCUT2D eigenvalue weighted by Gasteiger charge is -2.36. The van der Waals surface area contributed by atoms with Gasteiger partial charge in [0.05, 0.1) is 30.1 Å². The van der Waals surface area contributed by atoms with Crippen LogP contribution >= 0.6 is 0 Å². The second-order valence-corrected chi connectivity index (χ2v) is 10.7. The van der Waals surface area contributed by atoms with Crippen LogP contribution < -0.4 is 9.64 Å². The van der Waals surface area contributed by atoms with Crippen molar-refractivity contribution in [1.29, 1.82) is 0 Å². The monoisotopic (exact) mass is 572 g/mol. The molecule has 1 saturated heterocycles. The zero-order chi connectivity index (χ0) is 28.6. The van der Waals surface area contributed by atoms with Crippen LogP contribution in [0.4, 0.5) is 27.8 Å². The lowest BCUT2D eigenvalue weighted by atomic mass is 9.93. The van der Waals surface area contributed by atoms with Crippen LogP contribution in [0, 0.1) is 0 Å². The van der Waals surface area contributed by atoms with E-state index in [1.807, 2.05) is 0 Å². The molecule has 214 valence electrons. The van der Waals surface area contributed by atoms with Crippen molar-refractivity contribution in [3.63, 3.8) is 0 Å². The minimum Gasteiger partial charge on any atom is -0.480 e. The third-order valence-corrected chi connectivity index (χ3v) is 8.17. The molecule has 9 nitrogen and oxygen atoms in total. The molecule has 41 heavy (non-hydrogen) atoms. The number of rotatable bonds is 6. The number of fused-ring (bicyclic) bond motifs is 4. The Morgan fingerprint density at radius 3 is 2.49 bits per heavy atom. The number of halogens is 5. The molecule has 2 atom stereocenters. The van der Waals surface area contributed by atoms with Crippen LogP contribution in [0.15, 0.2) is 30.9 Å². The number of nitrogens with zero attached hydrogens (tertiary/aromatic N) is 8. The van der Waals surface area contributed by atoms with Crippen LogP contribution in [0.1, 0.15) is 66.8 Å². The molecule has 4 aromatic heterocycles. The second kappa shape index (κ2) is 9.21. The number of anilines is 1. The molecule has 0 radical (unpaired) electrons. The summed E-state index contributed by atoms with van der Waals surface area (Å²) < 4.78 is 75.8. The molecule has 0 amide bonds. The molecule has 2 aliphatic heterocycles. The molecule has 2 unspecified atom stereocenters. The summed E-state index contributed by atoms with van der Waals surface area (Å²) in [5, 5.41) is 4.43. The molecule has 7 rings (SSSR count). The molecule has 1 aliphatic carbocycles. The zero-order valence-corrected chi connectivity index (χ0v) is 22.1. The summed E-state index contributed by atoms with van der Waals surface area (Å²) in [6.07, 6.45) is 3.00. The van der Waals surface area contributed by atoms with Gasteiger partial charge in [0.2, 0.25) is 5.88 Å². The molecule has 3 aliphatic rings. The minimum atomic E-state index is -4.56. The third-order valence-electron chi connectivity index (χ3n) is 8.17. The van der Waals surface area contributed by atoms with Crippen molar-refractivity contribution < 1.29 is 26.7 Å². The number of alkyl halides is 5. The summed E-state index contributed by atoms with van der Waals surface area (Å²) >= 11 is 0. The average Bonchev–Trinajstić information content (AvgIpc) is 3.50. The SMILES string of the molecule is COc1ncnc(C2CC2)c1-c1nn(C(F)F)c2c1C1CCC(C2)N1c1ccc(-c2nc(C(F)(F)F)cn2C)cn1. The van der Waals surface area contributed by atoms with Crippen molar-refractivity contribution in [2.75, 3.05) is 12.0 Å². The normalized spacial score (nSPS) is 20.1. The molecule has 0 N–H and O–H groups in total. The Labute approximate surface area is 231 Å². The van der Waals surface area contributed by atoms with E-state index in [0.717, 1.165) is 35.8 Å². The number of methoxy groups -OCH3 is 1. The van der Waals surface area contributed by atoms with Gasteiger partial charge in [-0.05, 0) is 37.8 Å². The second-order valence-electron chi connectivity index (χ2n) is 10.7. The highest BCUT2D eigenvalue weighted by atomic mass is 19.4. The van der Waals surface area contributed by atoms with Gasteiger partial charge in [-0.3, -0.25) is 0 Å². The first-order chi connectivity index (χ1) is 19.7. The summed E-state index contributed by atoms with van der Waals surface area (Å²) in [5.41, 5.74) is 2.34. The fraction of sp³-hybridized carbons (Fsp3) is 0.444. The smallest absolute Gasteiger partial charge is 0.434 e. The van der Waals surface area contributed by atoms with Crippen molar-refractivity contribution in [1.82, 2.24) is 34.3 Å². The van der Waals surface area contributed by atoms with Crippen LogP contribution in [0.3, 0.4) is 0 Å². The van der Waals surface area contributed by atoms with E-state index in [1.165, 1.54) is 31.2 Å². The molecule has 2 bridgehead atoms. The molecule has 1 saturated carbocycles. The quantitative estimate of drug-likeness (QED) is 0.274. The molecule has 2 fully saturated rings. The van der Waals surface area contributed by atoms with Crippen LogP contribution in [0.5, 0.6) is 5.88 Å². The number of imidazole rings is 1. The largest absolute Gasteiger partial charge is 0.480 e. The maximum Gasteiger partial charge on any atom is 0.434 e. The van der Waals surface area contributed by atoms with E-state index in [0.29, 0.717) is 52.6 Å². The van der Waals surface area contributed by atoms with E-state index in [9.17, 15) is 22.0 Å². The van der Waals surface area contributed by atoms with Crippen LogP contribution in [0.25, 0.3) is 22.6 Å². The van der Waals surface area contributed by atoms with E-state index in [1.54, 1.807) is 12.1 Å². The Balaban J connectivity index is 1.30. The molecular weight excluding hydrogens is 547 g/mol. The van der Waals surface area contributed by atoms with E-state index >= 15 is 0 Å². The van der Waals surface area contributed by atoms with E-state index in [2.05, 4.69) is 29.9 Å². The number of pyridine rings is 1. The highest BCUT2D eigenvalue weighted by Gasteiger charge is 2.46. The number of ether oxygens (including phenoxy) is 1. The van der Waals surface area contributed by atoms with Crippen LogP contribution in [-0.4, -0.2) is 47.4 Å².